The number of likely N-dealkylation sites (N-methyl/N-ethyl adjacent to an activating group) is 1. The van der Waals surface area contributed by atoms with Crippen LogP contribution in [0.25, 0.3) is 22.3 Å². The Morgan fingerprint density at radius 1 is 0.422 bits per heavy atom. The van der Waals surface area contributed by atoms with Crippen molar-refractivity contribution in [3.63, 3.8) is 0 Å². The van der Waals surface area contributed by atoms with Crippen molar-refractivity contribution < 1.29 is 47.7 Å². The van der Waals surface area contributed by atoms with E-state index in [9.17, 15) is 24.0 Å². The maximum atomic E-state index is 15.0. The zero-order valence-corrected chi connectivity index (χ0v) is 53.0. The molecule has 470 valence electrons. The molecule has 0 aliphatic heterocycles. The number of hydrogen-bond acceptors (Lipinski definition) is 11. The number of amides is 6. The Hall–Kier alpha value is -8.77. The van der Waals surface area contributed by atoms with Gasteiger partial charge >= 0.3 is 12.2 Å². The van der Waals surface area contributed by atoms with Crippen molar-refractivity contribution >= 4 is 47.6 Å². The number of benzene rings is 7. The summed E-state index contributed by atoms with van der Waals surface area (Å²) in [5.41, 5.74) is 9.91. The number of alkyl carbamates (subject to hydrolysis) is 2. The first-order valence-corrected chi connectivity index (χ1v) is 31.7. The van der Waals surface area contributed by atoms with Gasteiger partial charge in [-0.15, -0.1) is 11.8 Å². The second kappa shape index (κ2) is 30.2. The number of unbranched alkanes of at least 4 members (excludes halogenated alkanes) is 1. The van der Waals surface area contributed by atoms with E-state index in [1.807, 2.05) is 217 Å². The summed E-state index contributed by atoms with van der Waals surface area (Å²) in [7, 11) is 1.50. The van der Waals surface area contributed by atoms with Gasteiger partial charge in [0.05, 0.1) is 29.2 Å². The zero-order valence-electron chi connectivity index (χ0n) is 52.2. The highest BCUT2D eigenvalue weighted by Gasteiger charge is 2.40. The molecule has 0 bridgehead atoms. The first-order chi connectivity index (χ1) is 43.3. The molecule has 2 aliphatic rings. The molecule has 2 aliphatic carbocycles. The van der Waals surface area contributed by atoms with Crippen LogP contribution in [0.5, 0.6) is 0 Å². The summed E-state index contributed by atoms with van der Waals surface area (Å²) >= 11 is 1.49. The van der Waals surface area contributed by atoms with Crippen molar-refractivity contribution in [1.29, 1.82) is 0 Å². The molecule has 4 atom stereocenters. The van der Waals surface area contributed by atoms with E-state index in [-0.39, 0.29) is 63.4 Å². The molecule has 0 saturated heterocycles. The lowest BCUT2D eigenvalue weighted by Gasteiger charge is -2.36. The summed E-state index contributed by atoms with van der Waals surface area (Å²) < 4.78 is 23.0. The van der Waals surface area contributed by atoms with E-state index in [0.29, 0.717) is 6.42 Å². The Kier molecular flexibility index (Phi) is 22.0. The van der Waals surface area contributed by atoms with E-state index < -0.39 is 75.9 Å². The molecule has 0 aromatic heterocycles. The third-order valence-corrected chi connectivity index (χ3v) is 17.6. The lowest BCUT2D eigenvalue weighted by molar-refractivity contribution is -0.133. The third-order valence-electron chi connectivity index (χ3n) is 16.0. The fraction of sp³-hybridized carbons (Fsp3) is 0.342. The molecule has 0 saturated carbocycles. The molecule has 4 unspecified atom stereocenters. The van der Waals surface area contributed by atoms with Crippen molar-refractivity contribution in [2.75, 3.05) is 45.8 Å². The Labute approximate surface area is 532 Å². The summed E-state index contributed by atoms with van der Waals surface area (Å²) in [6, 6.07) is 57.1. The number of carbonyl (C=O) groups is 6. The molecular formula is C73H82N6O10S. The fourth-order valence-corrected chi connectivity index (χ4v) is 13.1. The number of hydrogen-bond donors (Lipinski definition) is 6. The van der Waals surface area contributed by atoms with Crippen LogP contribution in [-0.4, -0.2) is 117 Å². The number of nitrogens with one attached hydrogen (secondary N) is 6. The number of thioether (sulfide) groups is 1. The molecule has 0 spiro atoms. The van der Waals surface area contributed by atoms with Crippen LogP contribution in [-0.2, 0) is 42.9 Å². The molecule has 9 rings (SSSR count). The minimum Gasteiger partial charge on any atom is -0.449 e. The number of carbonyl (C=O) groups excluding carboxylic acids is 6. The highest BCUT2D eigenvalue weighted by atomic mass is 32.2. The molecule has 0 fully saturated rings. The Bertz CT molecular complexity index is 3410. The van der Waals surface area contributed by atoms with E-state index in [2.05, 4.69) is 44.0 Å². The zero-order chi connectivity index (χ0) is 63.8. The quantitative estimate of drug-likeness (QED) is 0.0211. The van der Waals surface area contributed by atoms with E-state index in [4.69, 9.17) is 18.9 Å². The predicted octanol–water partition coefficient (Wildman–Crippen LogP) is 11.2. The van der Waals surface area contributed by atoms with Gasteiger partial charge in [-0.05, 0) is 122 Å². The van der Waals surface area contributed by atoms with Gasteiger partial charge in [-0.3, -0.25) is 19.2 Å². The van der Waals surface area contributed by atoms with Crippen LogP contribution in [0.2, 0.25) is 0 Å². The van der Waals surface area contributed by atoms with Gasteiger partial charge in [0.1, 0.15) is 37.4 Å². The fourth-order valence-electron chi connectivity index (χ4n) is 11.6. The van der Waals surface area contributed by atoms with Crippen LogP contribution in [0.4, 0.5) is 9.59 Å². The van der Waals surface area contributed by atoms with Gasteiger partial charge in [-0.25, -0.2) is 9.59 Å². The van der Waals surface area contributed by atoms with Gasteiger partial charge in [0.25, 0.3) is 0 Å². The minimum atomic E-state index is -1.33. The lowest BCUT2D eigenvalue weighted by Crippen LogP contribution is -2.58. The molecule has 17 heteroatoms. The largest absolute Gasteiger partial charge is 0.449 e. The smallest absolute Gasteiger partial charge is 0.407 e. The van der Waals surface area contributed by atoms with Crippen LogP contribution in [0.3, 0.4) is 0 Å². The molecular weight excluding hydrogens is 1150 g/mol. The standard InChI is InChI=1S/C73H82N6O10S/c1-71(2,3)88-45-62(78-69(84)86-43-59-55-37-21-17-33-51(55)52-34-18-22-38-56(52)59)66(81)75-42-26-25-41-61(76-68(83)63(46-89-72(4,5)6)79-70(85)87-44-60-57-39-23-19-35-53(57)54-36-20-24-40-58(54)60)67(82)77-64(65(80)74-7)47-90-73(48-27-11-8-12-28-48,49-29-13-9-14-30-49)50-31-15-10-16-32-50/h8-24,27-40,59-64H,25-26,41-47H2,1-7H3,(H,74,80)(H,75,81)(H,76,83)(H,77,82)(H,78,84)(H,79,85). The molecule has 7 aromatic rings. The van der Waals surface area contributed by atoms with Gasteiger partial charge in [0.15, 0.2) is 0 Å². The van der Waals surface area contributed by atoms with Gasteiger partial charge < -0.3 is 50.8 Å². The summed E-state index contributed by atoms with van der Waals surface area (Å²) in [6.45, 7) is 10.7. The van der Waals surface area contributed by atoms with Crippen molar-refractivity contribution in [2.24, 2.45) is 0 Å². The first kappa shape index (κ1) is 65.7. The number of ether oxygens (including phenoxy) is 4. The minimum absolute atomic E-state index is 0.00921. The molecule has 6 N–H and O–H groups in total. The maximum absolute atomic E-state index is 15.0. The van der Waals surface area contributed by atoms with E-state index in [0.717, 1.165) is 61.2 Å². The van der Waals surface area contributed by atoms with E-state index in [1.165, 1.54) is 18.8 Å². The lowest BCUT2D eigenvalue weighted by atomic mass is 9.84. The topological polar surface area (TPSA) is 212 Å². The van der Waals surface area contributed by atoms with Crippen molar-refractivity contribution in [1.82, 2.24) is 31.9 Å². The van der Waals surface area contributed by atoms with Gasteiger partial charge in [0, 0.05) is 31.2 Å². The normalized spacial score (nSPS) is 14.0. The highest BCUT2D eigenvalue weighted by Crippen LogP contribution is 2.49. The second-order valence-corrected chi connectivity index (χ2v) is 25.7. The van der Waals surface area contributed by atoms with Crippen LogP contribution in [0.1, 0.15) is 112 Å². The summed E-state index contributed by atoms with van der Waals surface area (Å²) in [5, 5.41) is 17.0. The van der Waals surface area contributed by atoms with Crippen LogP contribution in [0.15, 0.2) is 188 Å². The second-order valence-electron chi connectivity index (χ2n) is 24.5. The number of fused-ring (bicyclic) bond motifs is 6. The Morgan fingerprint density at radius 2 is 0.778 bits per heavy atom. The average Bonchev–Trinajstić information content (AvgIpc) is 1.00. The molecule has 16 nitrogen and oxygen atoms in total. The van der Waals surface area contributed by atoms with Crippen molar-refractivity contribution in [3.05, 3.63) is 227 Å². The van der Waals surface area contributed by atoms with Crippen LogP contribution < -0.4 is 31.9 Å². The van der Waals surface area contributed by atoms with Gasteiger partial charge in [-0.1, -0.05) is 188 Å². The highest BCUT2D eigenvalue weighted by molar-refractivity contribution is 8.00. The third kappa shape index (κ3) is 16.5. The van der Waals surface area contributed by atoms with Crippen LogP contribution >= 0.6 is 11.8 Å². The molecule has 90 heavy (non-hydrogen) atoms. The number of rotatable bonds is 27. The van der Waals surface area contributed by atoms with Gasteiger partial charge in [-0.2, -0.15) is 0 Å². The maximum Gasteiger partial charge on any atom is 0.407 e. The van der Waals surface area contributed by atoms with E-state index in [1.54, 1.807) is 0 Å². The SMILES string of the molecule is CNC(=O)C(CSC(c1ccccc1)(c1ccccc1)c1ccccc1)NC(=O)C(CCCCNC(=O)C(COC(C)(C)C)NC(=O)OCC1c2ccccc2-c2ccccc21)NC(=O)C(COC(C)(C)C)NC(=O)OCC1c2ccccc2-c2ccccc21. The summed E-state index contributed by atoms with van der Waals surface area (Å²) in [5.74, 6) is -2.71. The Morgan fingerprint density at radius 3 is 1.17 bits per heavy atom. The van der Waals surface area contributed by atoms with E-state index >= 15 is 4.79 Å². The molecule has 7 aromatic carbocycles. The van der Waals surface area contributed by atoms with Crippen LogP contribution in [0, 0.1) is 0 Å². The average molecular weight is 1240 g/mol. The van der Waals surface area contributed by atoms with Crippen molar-refractivity contribution in [2.45, 2.75) is 113 Å². The molecule has 0 heterocycles. The molecule has 0 radical (unpaired) electrons. The summed E-state index contributed by atoms with van der Waals surface area (Å²) in [4.78, 5) is 85.4. The Balaban J connectivity index is 0.913. The molecule has 6 amide bonds. The monoisotopic (exact) mass is 1230 g/mol. The van der Waals surface area contributed by atoms with Gasteiger partial charge in [0.2, 0.25) is 23.6 Å². The predicted molar refractivity (Wildman–Crippen MR) is 352 cm³/mol. The van der Waals surface area contributed by atoms with Crippen molar-refractivity contribution in [3.8, 4) is 22.3 Å². The summed E-state index contributed by atoms with van der Waals surface area (Å²) in [6.07, 6.45) is -1.00. The first-order valence-electron chi connectivity index (χ1n) is 30.7.